The van der Waals surface area contributed by atoms with Gasteiger partial charge in [-0.15, -0.1) is 0 Å². The van der Waals surface area contributed by atoms with Gasteiger partial charge in [0.15, 0.2) is 0 Å². The highest BCUT2D eigenvalue weighted by Gasteiger charge is 2.14. The summed E-state index contributed by atoms with van der Waals surface area (Å²) in [4.78, 5) is 64.0. The zero-order valence-corrected chi connectivity index (χ0v) is 35.4. The Kier molecular flexibility index (Phi) is 36.9. The van der Waals surface area contributed by atoms with Crippen LogP contribution in [0.2, 0.25) is 0 Å². The first-order valence-electron chi connectivity index (χ1n) is 19.1. The number of primary amides is 1. The minimum Gasteiger partial charge on any atom is -0.508 e. The Labute approximate surface area is 345 Å². The smallest absolute Gasteiger partial charge is 0.336 e. The summed E-state index contributed by atoms with van der Waals surface area (Å²) >= 11 is 0. The number of hydrazine groups is 1. The number of hydrogen-bond acceptors (Lipinski definition) is 10. The number of hydrogen-bond donors (Lipinski definition) is 10. The van der Waals surface area contributed by atoms with Crippen molar-refractivity contribution in [3.05, 3.63) is 90.3 Å². The Morgan fingerprint density at radius 3 is 1.88 bits per heavy atom. The van der Waals surface area contributed by atoms with Crippen molar-refractivity contribution in [1.29, 1.82) is 0 Å². The van der Waals surface area contributed by atoms with Gasteiger partial charge in [0, 0.05) is 24.2 Å². The molecule has 1 unspecified atom stereocenters. The highest BCUT2D eigenvalue weighted by atomic mass is 16.3. The maximum Gasteiger partial charge on any atom is 0.336 e. The molecule has 0 saturated carbocycles. The number of nitrogens with zero attached hydrogens (tertiary/aromatic N) is 1. The van der Waals surface area contributed by atoms with Crippen molar-refractivity contribution in [2.45, 2.75) is 92.8 Å². The number of unbranched alkanes of at least 4 members (excludes halogenated alkanes) is 1. The van der Waals surface area contributed by atoms with Gasteiger partial charge in [-0.25, -0.2) is 9.80 Å². The second-order valence-electron chi connectivity index (χ2n) is 13.0. The molecule has 2 rings (SSSR count). The molecule has 2 aromatic carbocycles. The van der Waals surface area contributed by atoms with Crippen LogP contribution in [0.1, 0.15) is 78.4 Å². The molecule has 0 radical (unpaired) electrons. The molecule has 7 amide bonds. The molecule has 0 saturated heterocycles. The van der Waals surface area contributed by atoms with E-state index < -0.39 is 17.7 Å². The minimum absolute atomic E-state index is 0.0201. The molecule has 0 aliphatic rings. The molecule has 2 atom stereocenters. The Bertz CT molecular complexity index is 1440. The van der Waals surface area contributed by atoms with Gasteiger partial charge in [0.25, 0.3) is 0 Å². The van der Waals surface area contributed by atoms with Crippen LogP contribution < -0.4 is 49.2 Å². The number of benzene rings is 2. The summed E-state index contributed by atoms with van der Waals surface area (Å²) in [5.41, 5.74) is 21.3. The SMILES string of the molecule is C=CN/C(=C\C(C)CC)C[C@@H](C)N.CC(C)NC(=O)N(Cc1ccc(O)cc1)NC=O.CCCCN.Cc1ccccc1.NC(=O)CNC(=O)CNC(=O)CNC=O. The molecule has 0 aliphatic carbocycles. The number of rotatable bonds is 20. The van der Waals surface area contributed by atoms with Gasteiger partial charge in [-0.2, -0.15) is 0 Å². The molecule has 2 aromatic rings. The standard InChI is InChI=1S/C12H17N3O3.C11H22N2.C7H12N4O4.C7H8.C4H11N/c1-9(2)14-12(18)15(13-8-16)7-10-3-5-11(17)6-4-10;1-5-9(3)7-11(13-6-2)8-10(4)12;8-5(13)1-10-7(15)3-11-6(14)2-9-4-12;1-7-5-3-2-4-6-7;1-2-3-4-5/h3-6,8-9,17H,7H2,1-2H3,(H,13,16)(H,14,18);6-7,9-10,13H,2,5,8,12H2,1,3-4H3;4H,1-3H2,(H2,8,13)(H,9,12)(H,10,15)(H,11,14);2-6H,1H3;2-5H2,1H3/b;11-7-;;;/t;9?,10-;;;/m.1.../s1. The zero-order valence-electron chi connectivity index (χ0n) is 35.4. The number of nitrogens with one attached hydrogen (secondary N) is 6. The largest absolute Gasteiger partial charge is 0.508 e. The summed E-state index contributed by atoms with van der Waals surface area (Å²) in [5, 5.41) is 22.6. The molecule has 58 heavy (non-hydrogen) atoms. The lowest BCUT2D eigenvalue weighted by molar-refractivity contribution is -0.127. The Morgan fingerprint density at radius 2 is 1.47 bits per heavy atom. The first-order chi connectivity index (χ1) is 27.5. The van der Waals surface area contributed by atoms with Crippen molar-refractivity contribution in [2.75, 3.05) is 26.2 Å². The normalized spacial score (nSPS) is 10.8. The van der Waals surface area contributed by atoms with Gasteiger partial charge in [-0.1, -0.05) is 94.3 Å². The minimum atomic E-state index is -0.669. The molecular formula is C41H70N10O7. The van der Waals surface area contributed by atoms with Crippen LogP contribution in [0.5, 0.6) is 5.75 Å². The van der Waals surface area contributed by atoms with E-state index in [2.05, 4.69) is 84.5 Å². The summed E-state index contributed by atoms with van der Waals surface area (Å²) < 4.78 is 0. The molecule has 326 valence electrons. The van der Waals surface area contributed by atoms with E-state index >= 15 is 0 Å². The lowest BCUT2D eigenvalue weighted by atomic mass is 10.1. The van der Waals surface area contributed by atoms with Gasteiger partial charge in [0.2, 0.25) is 30.5 Å². The van der Waals surface area contributed by atoms with E-state index in [4.69, 9.17) is 22.3 Å². The lowest BCUT2D eigenvalue weighted by Crippen LogP contribution is -2.49. The Balaban J connectivity index is -0.000000690. The number of phenolic OH excluding ortho intramolecular Hbond substituents is 1. The highest BCUT2D eigenvalue weighted by molar-refractivity contribution is 5.88. The monoisotopic (exact) mass is 815 g/mol. The van der Waals surface area contributed by atoms with Crippen molar-refractivity contribution >= 4 is 36.6 Å². The molecule has 0 aromatic heterocycles. The average molecular weight is 815 g/mol. The first kappa shape index (κ1) is 56.4. The number of nitrogens with two attached hydrogens (primary N) is 3. The summed E-state index contributed by atoms with van der Waals surface area (Å²) in [6.45, 7) is 18.2. The molecule has 0 heterocycles. The van der Waals surface area contributed by atoms with E-state index in [1.165, 1.54) is 41.2 Å². The van der Waals surface area contributed by atoms with Crippen molar-refractivity contribution in [3.8, 4) is 5.75 Å². The van der Waals surface area contributed by atoms with Gasteiger partial charge < -0.3 is 48.9 Å². The van der Waals surface area contributed by atoms with Crippen molar-refractivity contribution < 1.29 is 33.9 Å². The lowest BCUT2D eigenvalue weighted by Gasteiger charge is -2.22. The quantitative estimate of drug-likeness (QED) is 0.0689. The molecule has 13 N–H and O–H groups in total. The number of carbonyl (C=O) groups is 6. The maximum absolute atomic E-state index is 11.8. The number of aryl methyl sites for hydroxylation is 1. The van der Waals surface area contributed by atoms with Gasteiger partial charge in [0.05, 0.1) is 26.2 Å². The third-order valence-corrected chi connectivity index (χ3v) is 6.85. The average Bonchev–Trinajstić information content (AvgIpc) is 3.17. The molecular weight excluding hydrogens is 745 g/mol. The molecule has 17 heteroatoms. The highest BCUT2D eigenvalue weighted by Crippen LogP contribution is 2.11. The van der Waals surface area contributed by atoms with Crippen molar-refractivity contribution in [3.63, 3.8) is 0 Å². The van der Waals surface area contributed by atoms with E-state index in [-0.39, 0.29) is 50.0 Å². The van der Waals surface area contributed by atoms with Crippen LogP contribution in [0.3, 0.4) is 0 Å². The van der Waals surface area contributed by atoms with Gasteiger partial charge in [-0.3, -0.25) is 29.4 Å². The summed E-state index contributed by atoms with van der Waals surface area (Å²) in [6.07, 6.45) is 9.17. The van der Waals surface area contributed by atoms with E-state index in [0.29, 0.717) is 18.7 Å². The fourth-order valence-corrected chi connectivity index (χ4v) is 3.83. The van der Waals surface area contributed by atoms with Crippen LogP contribution in [-0.4, -0.2) is 85.0 Å². The number of carbonyl (C=O) groups excluding carboxylic acids is 6. The van der Waals surface area contributed by atoms with Gasteiger partial charge >= 0.3 is 6.03 Å². The molecule has 0 spiro atoms. The van der Waals surface area contributed by atoms with Crippen LogP contribution in [-0.2, 0) is 30.5 Å². The number of phenols is 1. The molecule has 0 aliphatic heterocycles. The van der Waals surface area contributed by atoms with E-state index in [9.17, 15) is 28.8 Å². The fraction of sp³-hybridized carbons (Fsp3) is 0.463. The number of amides is 7. The van der Waals surface area contributed by atoms with Crippen LogP contribution in [0, 0.1) is 12.8 Å². The van der Waals surface area contributed by atoms with Crippen LogP contribution in [0.25, 0.3) is 0 Å². The van der Waals surface area contributed by atoms with Gasteiger partial charge in [0.1, 0.15) is 5.75 Å². The van der Waals surface area contributed by atoms with Crippen LogP contribution in [0.4, 0.5) is 4.79 Å². The number of aromatic hydroxyl groups is 1. The topological polar surface area (TPSA) is 276 Å². The predicted octanol–water partition coefficient (Wildman–Crippen LogP) is 2.55. The first-order valence-corrected chi connectivity index (χ1v) is 19.1. The van der Waals surface area contributed by atoms with E-state index in [0.717, 1.165) is 24.9 Å². The van der Waals surface area contributed by atoms with E-state index in [1.54, 1.807) is 18.3 Å². The number of allylic oxidation sites excluding steroid dienone is 1. The molecule has 0 fully saturated rings. The fourth-order valence-electron chi connectivity index (χ4n) is 3.83. The van der Waals surface area contributed by atoms with Crippen molar-refractivity contribution in [1.82, 2.24) is 37.0 Å². The summed E-state index contributed by atoms with van der Waals surface area (Å²) in [7, 11) is 0. The van der Waals surface area contributed by atoms with Crippen molar-refractivity contribution in [2.24, 2.45) is 23.1 Å². The zero-order chi connectivity index (χ0) is 44.7. The molecule has 0 bridgehead atoms. The van der Waals surface area contributed by atoms with Crippen LogP contribution >= 0.6 is 0 Å². The second-order valence-corrected chi connectivity index (χ2v) is 13.0. The Morgan fingerprint density at radius 1 is 0.879 bits per heavy atom. The third-order valence-electron chi connectivity index (χ3n) is 6.85. The second kappa shape index (κ2) is 38.0. The Hall–Kier alpha value is -5.94. The summed E-state index contributed by atoms with van der Waals surface area (Å²) in [5.74, 6) is -0.955. The van der Waals surface area contributed by atoms with Gasteiger partial charge in [-0.05, 0) is 70.5 Å². The predicted molar refractivity (Wildman–Crippen MR) is 230 cm³/mol. The maximum atomic E-state index is 11.8. The third kappa shape index (κ3) is 38.3. The molecule has 17 nitrogen and oxygen atoms in total. The van der Waals surface area contributed by atoms with E-state index in [1.807, 2.05) is 39.0 Å². The number of urea groups is 1. The summed E-state index contributed by atoms with van der Waals surface area (Å²) in [6, 6.07) is 16.5. The van der Waals surface area contributed by atoms with Crippen LogP contribution in [0.15, 0.2) is 79.1 Å².